The van der Waals surface area contributed by atoms with Crippen LogP contribution in [-0.2, 0) is 6.42 Å². The zero-order chi connectivity index (χ0) is 25.1. The van der Waals surface area contributed by atoms with Gasteiger partial charge in [0.2, 0.25) is 5.88 Å². The third kappa shape index (κ3) is 4.41. The van der Waals surface area contributed by atoms with Gasteiger partial charge in [-0.05, 0) is 61.0 Å². The fourth-order valence-corrected chi connectivity index (χ4v) is 4.76. The van der Waals surface area contributed by atoms with Crippen molar-refractivity contribution in [1.82, 2.24) is 14.1 Å². The van der Waals surface area contributed by atoms with Crippen LogP contribution < -0.4 is 5.56 Å². The van der Waals surface area contributed by atoms with Crippen LogP contribution in [0.5, 0.6) is 5.88 Å². The molecule has 1 unspecified atom stereocenters. The molecule has 0 aliphatic heterocycles. The van der Waals surface area contributed by atoms with Crippen molar-refractivity contribution in [3.63, 3.8) is 0 Å². The molecule has 2 N–H and O–H groups in total. The number of aromatic amines is 1. The van der Waals surface area contributed by atoms with E-state index in [2.05, 4.69) is 18.0 Å². The Morgan fingerprint density at radius 3 is 2.22 bits per heavy atom. The Morgan fingerprint density at radius 1 is 0.944 bits per heavy atom. The fraction of sp³-hybridized carbons (Fsp3) is 0.138. The van der Waals surface area contributed by atoms with Crippen LogP contribution in [0.25, 0.3) is 22.3 Å². The highest BCUT2D eigenvalue weighted by molar-refractivity contribution is 7.71. The van der Waals surface area contributed by atoms with Gasteiger partial charge in [0.1, 0.15) is 5.56 Å². The molecule has 0 saturated heterocycles. The topological polar surface area (TPSA) is 75.3 Å². The Kier molecular flexibility index (Phi) is 6.64. The van der Waals surface area contributed by atoms with E-state index in [1.165, 1.54) is 20.9 Å². The zero-order valence-corrected chi connectivity index (χ0v) is 20.7. The predicted molar refractivity (Wildman–Crippen MR) is 148 cm³/mol. The molecule has 5 rings (SSSR count). The molecule has 0 saturated carbocycles. The third-order valence-corrected chi connectivity index (χ3v) is 6.68. The summed E-state index contributed by atoms with van der Waals surface area (Å²) in [6.45, 7) is 2.06. The van der Waals surface area contributed by atoms with Gasteiger partial charge >= 0.3 is 0 Å². The molecular formula is C29H26N4O2S. The highest BCUT2D eigenvalue weighted by Gasteiger charge is 2.18. The lowest BCUT2D eigenvalue weighted by Crippen LogP contribution is -2.27. The molecule has 3 aromatic carbocycles. The molecule has 2 heterocycles. The second kappa shape index (κ2) is 10.2. The maximum absolute atomic E-state index is 13.6. The van der Waals surface area contributed by atoms with Gasteiger partial charge in [-0.3, -0.25) is 18.9 Å². The number of nitrogens with one attached hydrogen (secondary N) is 1. The number of fused-ring (bicyclic) bond motifs is 1. The number of aromatic hydroxyl groups is 1. The molecule has 6 nitrogen and oxygen atoms in total. The molecule has 7 heteroatoms. The Bertz CT molecular complexity index is 1650. The van der Waals surface area contributed by atoms with Crippen molar-refractivity contribution >= 4 is 29.3 Å². The first-order valence-corrected chi connectivity index (χ1v) is 12.3. The number of aromatic nitrogens is 3. The molecule has 0 fully saturated rings. The van der Waals surface area contributed by atoms with E-state index >= 15 is 0 Å². The van der Waals surface area contributed by atoms with Gasteiger partial charge in [0, 0.05) is 23.3 Å². The number of nitrogens with zero attached hydrogens (tertiary/aromatic N) is 3. The van der Waals surface area contributed by atoms with Crippen LogP contribution in [0.2, 0.25) is 0 Å². The minimum atomic E-state index is -0.415. The number of hydrogen-bond donors (Lipinski definition) is 2. The zero-order valence-electron chi connectivity index (χ0n) is 19.8. The largest absolute Gasteiger partial charge is 0.494 e. The van der Waals surface area contributed by atoms with Crippen LogP contribution in [0.1, 0.15) is 24.5 Å². The SMILES string of the molecule is CCC(Cc1c[nH]c2ccccc12)N=Cc1c(O)n(-c2ccccc2)c(=S)n(-c2ccccc2)c1=O. The van der Waals surface area contributed by atoms with Crippen LogP contribution in [0, 0.1) is 4.77 Å². The van der Waals surface area contributed by atoms with Crippen molar-refractivity contribution in [3.8, 4) is 17.3 Å². The quantitative estimate of drug-likeness (QED) is 0.216. The average Bonchev–Trinajstić information content (AvgIpc) is 3.32. The molecule has 0 aliphatic rings. The predicted octanol–water partition coefficient (Wildman–Crippen LogP) is 5.98. The van der Waals surface area contributed by atoms with Crippen molar-refractivity contribution in [2.45, 2.75) is 25.8 Å². The summed E-state index contributed by atoms with van der Waals surface area (Å²) in [5.41, 5.74) is 3.21. The van der Waals surface area contributed by atoms with E-state index in [1.807, 2.05) is 85.1 Å². The maximum atomic E-state index is 13.6. The van der Waals surface area contributed by atoms with Gasteiger partial charge in [-0.25, -0.2) is 0 Å². The van der Waals surface area contributed by atoms with E-state index < -0.39 is 5.56 Å². The first-order chi connectivity index (χ1) is 17.6. The van der Waals surface area contributed by atoms with Gasteiger partial charge < -0.3 is 10.1 Å². The van der Waals surface area contributed by atoms with Gasteiger partial charge in [-0.15, -0.1) is 0 Å². The molecule has 36 heavy (non-hydrogen) atoms. The molecule has 0 radical (unpaired) electrons. The smallest absolute Gasteiger partial charge is 0.271 e. The summed E-state index contributed by atoms with van der Waals surface area (Å²) in [6, 6.07) is 26.6. The lowest BCUT2D eigenvalue weighted by atomic mass is 10.0. The first kappa shape index (κ1) is 23.5. The highest BCUT2D eigenvalue weighted by atomic mass is 32.1. The van der Waals surface area contributed by atoms with Crippen molar-refractivity contribution < 1.29 is 5.11 Å². The van der Waals surface area contributed by atoms with E-state index in [0.29, 0.717) is 17.8 Å². The Balaban J connectivity index is 1.61. The van der Waals surface area contributed by atoms with E-state index in [1.54, 1.807) is 0 Å². The summed E-state index contributed by atoms with van der Waals surface area (Å²) >= 11 is 5.69. The first-order valence-electron chi connectivity index (χ1n) is 11.9. The number of hydrogen-bond acceptors (Lipinski definition) is 4. The molecule has 0 bridgehead atoms. The Morgan fingerprint density at radius 2 is 1.56 bits per heavy atom. The molecule has 1 atom stereocenters. The van der Waals surface area contributed by atoms with Gasteiger partial charge in [0.05, 0.1) is 17.4 Å². The Hall–Kier alpha value is -4.23. The third-order valence-electron chi connectivity index (χ3n) is 6.31. The van der Waals surface area contributed by atoms with Crippen LogP contribution in [0.15, 0.2) is 101 Å². The number of benzene rings is 3. The molecule has 0 aliphatic carbocycles. The standard InChI is InChI=1S/C29H26N4O2S/c1-2-21(17-20-18-31-26-16-10-9-15-24(20)26)30-19-25-27(34)32(22-11-5-3-6-12-22)29(36)33(28(25)35)23-13-7-4-8-14-23/h3-16,18-19,21,31,34H,2,17H2,1H3. The van der Waals surface area contributed by atoms with Gasteiger partial charge in [0.25, 0.3) is 5.56 Å². The monoisotopic (exact) mass is 494 g/mol. The van der Waals surface area contributed by atoms with Gasteiger partial charge in [-0.1, -0.05) is 61.5 Å². The lowest BCUT2D eigenvalue weighted by molar-refractivity contribution is 0.430. The minimum absolute atomic E-state index is 0.0680. The molecule has 0 amide bonds. The number of H-pyrrole nitrogens is 1. The highest BCUT2D eigenvalue weighted by Crippen LogP contribution is 2.23. The van der Waals surface area contributed by atoms with Crippen molar-refractivity contribution in [3.05, 3.63) is 117 Å². The summed E-state index contributed by atoms with van der Waals surface area (Å²) in [4.78, 5) is 21.7. The summed E-state index contributed by atoms with van der Waals surface area (Å²) in [5, 5.41) is 12.4. The number of aliphatic imine (C=N–C) groups is 1. The number of para-hydroxylation sites is 3. The normalized spacial score (nSPS) is 12.4. The molecular weight excluding hydrogens is 468 g/mol. The van der Waals surface area contributed by atoms with E-state index in [4.69, 9.17) is 17.2 Å². The molecule has 2 aromatic heterocycles. The fourth-order valence-electron chi connectivity index (χ4n) is 4.38. The van der Waals surface area contributed by atoms with E-state index in [-0.39, 0.29) is 22.3 Å². The molecule has 5 aromatic rings. The van der Waals surface area contributed by atoms with Crippen LogP contribution in [-0.4, -0.2) is 31.5 Å². The van der Waals surface area contributed by atoms with Gasteiger partial charge in [0.15, 0.2) is 4.77 Å². The average molecular weight is 495 g/mol. The van der Waals surface area contributed by atoms with Crippen LogP contribution in [0.3, 0.4) is 0 Å². The summed E-state index contributed by atoms with van der Waals surface area (Å²) < 4.78 is 3.12. The second-order valence-corrected chi connectivity index (χ2v) is 8.94. The summed E-state index contributed by atoms with van der Waals surface area (Å²) in [5.74, 6) is -0.228. The lowest BCUT2D eigenvalue weighted by Gasteiger charge is -2.17. The van der Waals surface area contributed by atoms with E-state index in [9.17, 15) is 9.90 Å². The van der Waals surface area contributed by atoms with Crippen LogP contribution in [0.4, 0.5) is 0 Å². The minimum Gasteiger partial charge on any atom is -0.494 e. The molecule has 180 valence electrons. The molecule has 0 spiro atoms. The number of rotatable bonds is 7. The second-order valence-electron chi connectivity index (χ2n) is 8.57. The van der Waals surface area contributed by atoms with Crippen molar-refractivity contribution in [1.29, 1.82) is 0 Å². The van der Waals surface area contributed by atoms with Crippen molar-refractivity contribution in [2.24, 2.45) is 4.99 Å². The van der Waals surface area contributed by atoms with E-state index in [0.717, 1.165) is 17.3 Å². The van der Waals surface area contributed by atoms with Crippen LogP contribution >= 0.6 is 12.2 Å². The van der Waals surface area contributed by atoms with Gasteiger partial charge in [-0.2, -0.15) is 0 Å². The maximum Gasteiger partial charge on any atom is 0.271 e. The summed E-state index contributed by atoms with van der Waals surface area (Å²) in [7, 11) is 0. The van der Waals surface area contributed by atoms with Crippen molar-refractivity contribution in [2.75, 3.05) is 0 Å². The Labute approximate surface area is 213 Å². The summed E-state index contributed by atoms with van der Waals surface area (Å²) in [6.07, 6.45) is 5.00.